The van der Waals surface area contributed by atoms with Gasteiger partial charge in [-0.15, -0.1) is 0 Å². The van der Waals surface area contributed by atoms with Gasteiger partial charge in [0, 0.05) is 19.1 Å². The Bertz CT molecular complexity index is 561. The molecule has 18 heavy (non-hydrogen) atoms. The predicted octanol–water partition coefficient (Wildman–Crippen LogP) is 2.70. The second-order valence-corrected chi connectivity index (χ2v) is 5.18. The number of nitrogen functional groups attached to an aromatic ring is 1. The first-order chi connectivity index (χ1) is 8.75. The fourth-order valence-electron chi connectivity index (χ4n) is 2.55. The number of halogens is 1. The van der Waals surface area contributed by atoms with Crippen LogP contribution in [0.25, 0.3) is 11.0 Å². The molecule has 0 spiro atoms. The van der Waals surface area contributed by atoms with Crippen LogP contribution in [0.4, 0.5) is 5.95 Å². The Hall–Kier alpha value is -1.26. The summed E-state index contributed by atoms with van der Waals surface area (Å²) in [4.78, 5) is 4.35. The van der Waals surface area contributed by atoms with Crippen LogP contribution >= 0.6 is 11.6 Å². The molecule has 1 atom stereocenters. The van der Waals surface area contributed by atoms with E-state index in [2.05, 4.69) is 4.98 Å². The molecule has 0 radical (unpaired) electrons. The number of imidazole rings is 1. The topological polar surface area (TPSA) is 53.1 Å². The summed E-state index contributed by atoms with van der Waals surface area (Å²) in [6.07, 6.45) is 2.29. The summed E-state index contributed by atoms with van der Waals surface area (Å²) >= 11 is 6.25. The summed E-state index contributed by atoms with van der Waals surface area (Å²) in [5.74, 6) is 1.03. The van der Waals surface area contributed by atoms with Gasteiger partial charge in [-0.3, -0.25) is 0 Å². The van der Waals surface area contributed by atoms with Crippen LogP contribution in [-0.2, 0) is 11.3 Å². The number of fused-ring (bicyclic) bond motifs is 1. The lowest BCUT2D eigenvalue weighted by Crippen LogP contribution is -2.22. The van der Waals surface area contributed by atoms with Gasteiger partial charge in [0.2, 0.25) is 5.95 Å². The number of hydrogen-bond acceptors (Lipinski definition) is 3. The molecule has 1 aliphatic rings. The summed E-state index contributed by atoms with van der Waals surface area (Å²) in [6.45, 7) is 2.49. The van der Waals surface area contributed by atoms with Gasteiger partial charge in [0.05, 0.1) is 22.7 Å². The van der Waals surface area contributed by atoms with Gasteiger partial charge in [0.25, 0.3) is 0 Å². The second-order valence-electron chi connectivity index (χ2n) is 4.77. The Labute approximate surface area is 111 Å². The molecule has 1 aliphatic heterocycles. The minimum atomic E-state index is 0.495. The molecule has 0 bridgehead atoms. The molecule has 1 fully saturated rings. The Kier molecular flexibility index (Phi) is 3.14. The summed E-state index contributed by atoms with van der Waals surface area (Å²) < 4.78 is 7.52. The highest BCUT2D eigenvalue weighted by molar-refractivity contribution is 6.35. The average Bonchev–Trinajstić information content (AvgIpc) is 2.69. The third-order valence-corrected chi connectivity index (χ3v) is 3.75. The largest absolute Gasteiger partial charge is 0.381 e. The summed E-state index contributed by atoms with van der Waals surface area (Å²) in [5.41, 5.74) is 7.78. The van der Waals surface area contributed by atoms with Gasteiger partial charge in [-0.2, -0.15) is 0 Å². The molecule has 2 heterocycles. The van der Waals surface area contributed by atoms with Gasteiger partial charge in [-0.1, -0.05) is 17.7 Å². The van der Waals surface area contributed by atoms with Gasteiger partial charge < -0.3 is 15.0 Å². The molecule has 0 amide bonds. The number of aromatic nitrogens is 2. The quantitative estimate of drug-likeness (QED) is 0.908. The standard InChI is InChI=1S/C13H16ClN3O/c14-10-4-1-5-11-12(10)17(13(15)16-11)7-9-3-2-6-18-8-9/h1,4-5,9H,2-3,6-8H2,(H2,15,16). The van der Waals surface area contributed by atoms with E-state index in [1.54, 1.807) is 0 Å². The maximum absolute atomic E-state index is 6.25. The van der Waals surface area contributed by atoms with Gasteiger partial charge in [0.15, 0.2) is 0 Å². The third kappa shape index (κ3) is 2.06. The highest BCUT2D eigenvalue weighted by Crippen LogP contribution is 2.27. The van der Waals surface area contributed by atoms with E-state index >= 15 is 0 Å². The van der Waals surface area contributed by atoms with Crippen LogP contribution in [0.3, 0.4) is 0 Å². The summed E-state index contributed by atoms with van der Waals surface area (Å²) in [5, 5.41) is 0.702. The van der Waals surface area contributed by atoms with Crippen molar-refractivity contribution in [1.82, 2.24) is 9.55 Å². The highest BCUT2D eigenvalue weighted by Gasteiger charge is 2.18. The minimum Gasteiger partial charge on any atom is -0.381 e. The lowest BCUT2D eigenvalue weighted by molar-refractivity contribution is 0.0490. The molecule has 2 aromatic rings. The van der Waals surface area contributed by atoms with Crippen molar-refractivity contribution in [3.05, 3.63) is 23.2 Å². The van der Waals surface area contributed by atoms with Crippen molar-refractivity contribution in [1.29, 1.82) is 0 Å². The zero-order chi connectivity index (χ0) is 12.5. The van der Waals surface area contributed by atoms with E-state index in [1.165, 1.54) is 6.42 Å². The van der Waals surface area contributed by atoms with Crippen molar-refractivity contribution in [2.24, 2.45) is 5.92 Å². The van der Waals surface area contributed by atoms with E-state index in [9.17, 15) is 0 Å². The van der Waals surface area contributed by atoms with Crippen LogP contribution in [0.2, 0.25) is 5.02 Å². The first-order valence-corrected chi connectivity index (χ1v) is 6.61. The predicted molar refractivity (Wildman–Crippen MR) is 72.7 cm³/mol. The molecule has 0 saturated carbocycles. The van der Waals surface area contributed by atoms with E-state index in [4.69, 9.17) is 22.1 Å². The van der Waals surface area contributed by atoms with Crippen LogP contribution in [0.1, 0.15) is 12.8 Å². The molecular formula is C13H16ClN3O. The number of benzene rings is 1. The number of para-hydroxylation sites is 1. The van der Waals surface area contributed by atoms with Gasteiger partial charge in [-0.05, 0) is 25.0 Å². The number of hydrogen-bond donors (Lipinski definition) is 1. The zero-order valence-electron chi connectivity index (χ0n) is 10.1. The lowest BCUT2D eigenvalue weighted by atomic mass is 10.0. The number of ether oxygens (including phenoxy) is 1. The molecule has 1 saturated heterocycles. The van der Waals surface area contributed by atoms with Crippen molar-refractivity contribution < 1.29 is 4.74 Å². The molecule has 4 nitrogen and oxygen atoms in total. The van der Waals surface area contributed by atoms with Crippen LogP contribution in [-0.4, -0.2) is 22.8 Å². The average molecular weight is 266 g/mol. The van der Waals surface area contributed by atoms with Crippen molar-refractivity contribution >= 4 is 28.6 Å². The molecule has 2 N–H and O–H groups in total. The van der Waals surface area contributed by atoms with Crippen molar-refractivity contribution in [2.75, 3.05) is 18.9 Å². The SMILES string of the molecule is Nc1nc2cccc(Cl)c2n1CC1CCCOC1. The highest BCUT2D eigenvalue weighted by atomic mass is 35.5. The molecule has 96 valence electrons. The second kappa shape index (κ2) is 4.78. The van der Waals surface area contributed by atoms with E-state index in [-0.39, 0.29) is 0 Å². The summed E-state index contributed by atoms with van der Waals surface area (Å²) in [6, 6.07) is 5.70. The Morgan fingerprint density at radius 3 is 3.17 bits per heavy atom. The maximum atomic E-state index is 6.25. The molecule has 5 heteroatoms. The molecule has 0 aliphatic carbocycles. The fraction of sp³-hybridized carbons (Fsp3) is 0.462. The van der Waals surface area contributed by atoms with Crippen LogP contribution in [0.5, 0.6) is 0 Å². The molecule has 1 aromatic carbocycles. The monoisotopic (exact) mass is 265 g/mol. The maximum Gasteiger partial charge on any atom is 0.201 e. The molecular weight excluding hydrogens is 250 g/mol. The molecule has 3 rings (SSSR count). The van der Waals surface area contributed by atoms with E-state index in [0.29, 0.717) is 16.9 Å². The third-order valence-electron chi connectivity index (χ3n) is 3.44. The van der Waals surface area contributed by atoms with Gasteiger partial charge in [-0.25, -0.2) is 4.98 Å². The minimum absolute atomic E-state index is 0.495. The van der Waals surface area contributed by atoms with Gasteiger partial charge >= 0.3 is 0 Å². The molecule has 1 unspecified atom stereocenters. The Morgan fingerprint density at radius 1 is 1.50 bits per heavy atom. The first-order valence-electron chi connectivity index (χ1n) is 6.23. The summed E-state index contributed by atoms with van der Waals surface area (Å²) in [7, 11) is 0. The normalized spacial score (nSPS) is 20.4. The fourth-order valence-corrected chi connectivity index (χ4v) is 2.83. The molecule has 1 aromatic heterocycles. The Morgan fingerprint density at radius 2 is 2.39 bits per heavy atom. The van der Waals surface area contributed by atoms with Crippen LogP contribution in [0, 0.1) is 5.92 Å². The van der Waals surface area contributed by atoms with Crippen molar-refractivity contribution in [3.63, 3.8) is 0 Å². The van der Waals surface area contributed by atoms with E-state index in [0.717, 1.165) is 37.2 Å². The van der Waals surface area contributed by atoms with E-state index < -0.39 is 0 Å². The smallest absolute Gasteiger partial charge is 0.201 e. The Balaban J connectivity index is 1.97. The van der Waals surface area contributed by atoms with Crippen LogP contribution < -0.4 is 5.73 Å². The number of nitrogens with two attached hydrogens (primary N) is 1. The van der Waals surface area contributed by atoms with E-state index in [1.807, 2.05) is 22.8 Å². The van der Waals surface area contributed by atoms with Crippen LogP contribution in [0.15, 0.2) is 18.2 Å². The van der Waals surface area contributed by atoms with Crippen molar-refractivity contribution in [2.45, 2.75) is 19.4 Å². The number of anilines is 1. The first kappa shape index (κ1) is 11.8. The number of nitrogens with zero attached hydrogens (tertiary/aromatic N) is 2. The van der Waals surface area contributed by atoms with Crippen molar-refractivity contribution in [3.8, 4) is 0 Å². The zero-order valence-corrected chi connectivity index (χ0v) is 10.9. The lowest BCUT2D eigenvalue weighted by Gasteiger charge is -2.23. The van der Waals surface area contributed by atoms with Gasteiger partial charge in [0.1, 0.15) is 0 Å². The number of rotatable bonds is 2.